The molecule has 0 aromatic heterocycles. The Labute approximate surface area is 105 Å². The maximum atomic E-state index is 12.1. The summed E-state index contributed by atoms with van der Waals surface area (Å²) in [7, 11) is 0.597. The van der Waals surface area contributed by atoms with Crippen LogP contribution in [-0.2, 0) is 28.4 Å². The summed E-state index contributed by atoms with van der Waals surface area (Å²) in [4.78, 5) is 0.900. The van der Waals surface area contributed by atoms with Crippen LogP contribution in [0.1, 0.15) is 17.5 Å². The monoisotopic (exact) mass is 253 g/mol. The van der Waals surface area contributed by atoms with Gasteiger partial charge >= 0.3 is 0 Å². The largest absolute Gasteiger partial charge is 0.383 e. The van der Waals surface area contributed by atoms with Crippen molar-refractivity contribution < 1.29 is 8.95 Å². The standard InChI is InChI=1S/C13H19NO2S/c1-16-8-12(14)9-17(15)13-6-5-10-3-2-4-11(10)7-13/h5-7,12H,2-4,8-9,14H2,1H3. The van der Waals surface area contributed by atoms with Gasteiger partial charge in [-0.25, -0.2) is 0 Å². The molecule has 0 heterocycles. The van der Waals surface area contributed by atoms with Crippen LogP contribution in [0.25, 0.3) is 0 Å². The molecule has 1 aromatic rings. The molecule has 0 saturated carbocycles. The van der Waals surface area contributed by atoms with Gasteiger partial charge in [-0.15, -0.1) is 0 Å². The first-order valence-electron chi connectivity index (χ1n) is 5.95. The van der Waals surface area contributed by atoms with Gasteiger partial charge in [-0.3, -0.25) is 4.21 Å². The lowest BCUT2D eigenvalue weighted by Crippen LogP contribution is -2.31. The fourth-order valence-electron chi connectivity index (χ4n) is 2.24. The molecule has 1 aliphatic rings. The Bertz CT molecular complexity index is 420. The number of aryl methyl sites for hydroxylation is 2. The third-order valence-corrected chi connectivity index (χ3v) is 4.59. The number of nitrogens with two attached hydrogens (primary N) is 1. The number of hydrogen-bond acceptors (Lipinski definition) is 3. The van der Waals surface area contributed by atoms with Crippen LogP contribution in [0.15, 0.2) is 23.1 Å². The molecule has 2 unspecified atom stereocenters. The summed E-state index contributed by atoms with van der Waals surface area (Å²) in [5.41, 5.74) is 8.58. The first-order chi connectivity index (χ1) is 8.20. The summed E-state index contributed by atoms with van der Waals surface area (Å²) in [5.74, 6) is 0.465. The average molecular weight is 253 g/mol. The van der Waals surface area contributed by atoms with Gasteiger partial charge in [0.25, 0.3) is 0 Å². The fourth-order valence-corrected chi connectivity index (χ4v) is 3.41. The highest BCUT2D eigenvalue weighted by atomic mass is 32.2. The van der Waals surface area contributed by atoms with E-state index in [4.69, 9.17) is 10.5 Å². The number of fused-ring (bicyclic) bond motifs is 1. The number of rotatable bonds is 5. The van der Waals surface area contributed by atoms with Crippen LogP contribution in [0.5, 0.6) is 0 Å². The van der Waals surface area contributed by atoms with Gasteiger partial charge < -0.3 is 10.5 Å². The van der Waals surface area contributed by atoms with E-state index < -0.39 is 10.8 Å². The Morgan fingerprint density at radius 2 is 2.18 bits per heavy atom. The first-order valence-corrected chi connectivity index (χ1v) is 7.27. The predicted octanol–water partition coefficient (Wildman–Crippen LogP) is 1.26. The molecule has 0 saturated heterocycles. The van der Waals surface area contributed by atoms with Crippen molar-refractivity contribution >= 4 is 10.8 Å². The molecule has 1 aliphatic carbocycles. The molecule has 0 fully saturated rings. The minimum Gasteiger partial charge on any atom is -0.383 e. The molecule has 17 heavy (non-hydrogen) atoms. The van der Waals surface area contributed by atoms with Crippen molar-refractivity contribution in [3.05, 3.63) is 29.3 Å². The molecular weight excluding hydrogens is 234 g/mol. The molecule has 3 nitrogen and oxygen atoms in total. The van der Waals surface area contributed by atoms with Crippen molar-refractivity contribution in [2.24, 2.45) is 5.73 Å². The zero-order valence-corrected chi connectivity index (χ0v) is 11.0. The van der Waals surface area contributed by atoms with Crippen molar-refractivity contribution in [3.63, 3.8) is 0 Å². The summed E-state index contributed by atoms with van der Waals surface area (Å²) < 4.78 is 17.1. The SMILES string of the molecule is COCC(N)CS(=O)c1ccc2c(c1)CCC2. The molecular formula is C13H19NO2S. The van der Waals surface area contributed by atoms with E-state index in [1.165, 1.54) is 17.5 Å². The Kier molecular flexibility index (Phi) is 4.31. The fraction of sp³-hybridized carbons (Fsp3) is 0.538. The third-order valence-electron chi connectivity index (χ3n) is 3.08. The summed E-state index contributed by atoms with van der Waals surface area (Å²) in [6, 6.07) is 6.00. The Hall–Kier alpha value is -0.710. The Morgan fingerprint density at radius 3 is 2.94 bits per heavy atom. The lowest BCUT2D eigenvalue weighted by Gasteiger charge is -2.10. The minimum absolute atomic E-state index is 0.158. The molecule has 2 rings (SSSR count). The Balaban J connectivity index is 2.04. The van der Waals surface area contributed by atoms with E-state index in [2.05, 4.69) is 12.1 Å². The quantitative estimate of drug-likeness (QED) is 0.859. The maximum absolute atomic E-state index is 12.1. The summed E-state index contributed by atoms with van der Waals surface area (Å²) in [6.07, 6.45) is 3.49. The zero-order chi connectivity index (χ0) is 12.3. The summed E-state index contributed by atoms with van der Waals surface area (Å²) in [5, 5.41) is 0. The van der Waals surface area contributed by atoms with Gasteiger partial charge in [0.2, 0.25) is 0 Å². The lowest BCUT2D eigenvalue weighted by molar-refractivity contribution is 0.186. The highest BCUT2D eigenvalue weighted by Crippen LogP contribution is 2.24. The predicted molar refractivity (Wildman–Crippen MR) is 69.6 cm³/mol. The van der Waals surface area contributed by atoms with Gasteiger partial charge in [-0.05, 0) is 42.5 Å². The molecule has 2 N–H and O–H groups in total. The van der Waals surface area contributed by atoms with E-state index in [-0.39, 0.29) is 6.04 Å². The third kappa shape index (κ3) is 3.15. The van der Waals surface area contributed by atoms with Crippen LogP contribution in [0.3, 0.4) is 0 Å². The maximum Gasteiger partial charge on any atom is 0.0622 e. The van der Waals surface area contributed by atoms with Crippen molar-refractivity contribution in [1.29, 1.82) is 0 Å². The van der Waals surface area contributed by atoms with E-state index in [0.717, 1.165) is 17.7 Å². The molecule has 0 radical (unpaired) electrons. The molecule has 4 heteroatoms. The van der Waals surface area contributed by atoms with Crippen LogP contribution in [0.2, 0.25) is 0 Å². The number of methoxy groups -OCH3 is 1. The summed E-state index contributed by atoms with van der Waals surface area (Å²) >= 11 is 0. The molecule has 2 atom stereocenters. The average Bonchev–Trinajstić information content (AvgIpc) is 2.75. The highest BCUT2D eigenvalue weighted by molar-refractivity contribution is 7.85. The first kappa shape index (κ1) is 12.7. The number of hydrogen-bond donors (Lipinski definition) is 1. The second-order valence-corrected chi connectivity index (χ2v) is 6.01. The van der Waals surface area contributed by atoms with Crippen LogP contribution >= 0.6 is 0 Å². The van der Waals surface area contributed by atoms with Gasteiger partial charge in [0.15, 0.2) is 0 Å². The van der Waals surface area contributed by atoms with E-state index in [1.807, 2.05) is 6.07 Å². The van der Waals surface area contributed by atoms with Crippen molar-refractivity contribution in [2.75, 3.05) is 19.5 Å². The number of ether oxygens (including phenoxy) is 1. The second-order valence-electron chi connectivity index (χ2n) is 4.51. The van der Waals surface area contributed by atoms with Crippen molar-refractivity contribution in [3.8, 4) is 0 Å². The topological polar surface area (TPSA) is 52.3 Å². The van der Waals surface area contributed by atoms with E-state index in [1.54, 1.807) is 7.11 Å². The van der Waals surface area contributed by atoms with E-state index in [0.29, 0.717) is 12.4 Å². The van der Waals surface area contributed by atoms with Gasteiger partial charge in [-0.1, -0.05) is 6.07 Å². The molecule has 0 spiro atoms. The molecule has 0 amide bonds. The molecule has 94 valence electrons. The molecule has 0 bridgehead atoms. The normalized spacial score (nSPS) is 17.8. The van der Waals surface area contributed by atoms with Crippen LogP contribution < -0.4 is 5.73 Å². The van der Waals surface area contributed by atoms with Crippen LogP contribution in [-0.4, -0.2) is 29.7 Å². The van der Waals surface area contributed by atoms with Gasteiger partial charge in [0, 0.05) is 23.8 Å². The number of benzene rings is 1. The molecule has 0 aliphatic heterocycles. The smallest absolute Gasteiger partial charge is 0.0622 e. The van der Waals surface area contributed by atoms with Gasteiger partial charge in [0.1, 0.15) is 0 Å². The second kappa shape index (κ2) is 5.76. The zero-order valence-electron chi connectivity index (χ0n) is 10.1. The van der Waals surface area contributed by atoms with Gasteiger partial charge in [-0.2, -0.15) is 0 Å². The highest BCUT2D eigenvalue weighted by Gasteiger charge is 2.15. The summed E-state index contributed by atoms with van der Waals surface area (Å²) in [6.45, 7) is 0.455. The minimum atomic E-state index is -1.01. The Morgan fingerprint density at radius 1 is 1.41 bits per heavy atom. The van der Waals surface area contributed by atoms with Crippen molar-refractivity contribution in [2.45, 2.75) is 30.2 Å². The van der Waals surface area contributed by atoms with Gasteiger partial charge in [0.05, 0.1) is 17.4 Å². The van der Waals surface area contributed by atoms with Crippen LogP contribution in [0.4, 0.5) is 0 Å². The van der Waals surface area contributed by atoms with Crippen molar-refractivity contribution in [1.82, 2.24) is 0 Å². The van der Waals surface area contributed by atoms with E-state index >= 15 is 0 Å². The lowest BCUT2D eigenvalue weighted by atomic mass is 10.1. The van der Waals surface area contributed by atoms with E-state index in [9.17, 15) is 4.21 Å². The molecule has 1 aromatic carbocycles. The van der Waals surface area contributed by atoms with Crippen LogP contribution in [0, 0.1) is 0 Å².